The number of ether oxygens (including phenoxy) is 2. The topological polar surface area (TPSA) is 30.5 Å². The molecule has 0 spiro atoms. The van der Waals surface area contributed by atoms with Gasteiger partial charge in [0, 0.05) is 17.7 Å². The van der Waals surface area contributed by atoms with Crippen LogP contribution in [0.3, 0.4) is 0 Å². The summed E-state index contributed by atoms with van der Waals surface area (Å²) in [6, 6.07) is 6.84. The summed E-state index contributed by atoms with van der Waals surface area (Å²) < 4.78 is 24.1. The quantitative estimate of drug-likeness (QED) is 0.841. The van der Waals surface area contributed by atoms with Crippen molar-refractivity contribution < 1.29 is 13.9 Å². The maximum absolute atomic E-state index is 13.4. The van der Waals surface area contributed by atoms with Crippen LogP contribution in [0, 0.1) is 11.7 Å². The third-order valence-corrected chi connectivity index (χ3v) is 5.04. The van der Waals surface area contributed by atoms with Crippen molar-refractivity contribution >= 4 is 11.3 Å². The van der Waals surface area contributed by atoms with Gasteiger partial charge in [0.05, 0.1) is 14.2 Å². The number of hydrogen-bond donors (Lipinski definition) is 1. The van der Waals surface area contributed by atoms with Crippen LogP contribution in [0.25, 0.3) is 0 Å². The van der Waals surface area contributed by atoms with Crippen LogP contribution in [-0.4, -0.2) is 20.8 Å². The van der Waals surface area contributed by atoms with Crippen LogP contribution < -0.4 is 14.8 Å². The fourth-order valence-corrected chi connectivity index (χ4v) is 3.62. The number of halogens is 1. The van der Waals surface area contributed by atoms with E-state index in [1.54, 1.807) is 37.7 Å². The van der Waals surface area contributed by atoms with Crippen molar-refractivity contribution in [2.75, 3.05) is 20.8 Å². The maximum atomic E-state index is 13.4. The summed E-state index contributed by atoms with van der Waals surface area (Å²) in [6.45, 7) is 1.72. The molecule has 118 valence electrons. The average Bonchev–Trinajstić information content (AvgIpc) is 3.15. The van der Waals surface area contributed by atoms with E-state index in [0.29, 0.717) is 11.8 Å². The normalized spacial score (nSPS) is 20.0. The van der Waals surface area contributed by atoms with E-state index < -0.39 is 0 Å². The van der Waals surface area contributed by atoms with Crippen LogP contribution in [0.5, 0.6) is 10.8 Å². The van der Waals surface area contributed by atoms with E-state index in [1.807, 2.05) is 5.38 Å². The minimum atomic E-state index is -0.197. The Bertz CT molecular complexity index is 643. The molecule has 1 N–H and O–H groups in total. The smallest absolute Gasteiger partial charge is 0.177 e. The molecule has 2 atom stereocenters. The number of thiophene rings is 1. The summed E-state index contributed by atoms with van der Waals surface area (Å²) in [7, 11) is 3.33. The van der Waals surface area contributed by atoms with Gasteiger partial charge in [0.15, 0.2) is 5.06 Å². The molecule has 0 bridgehead atoms. The van der Waals surface area contributed by atoms with Gasteiger partial charge in [-0.05, 0) is 54.4 Å². The van der Waals surface area contributed by atoms with Gasteiger partial charge in [-0.3, -0.25) is 0 Å². The summed E-state index contributed by atoms with van der Waals surface area (Å²) in [5.41, 5.74) is 2.18. The first kappa shape index (κ1) is 15.3. The lowest BCUT2D eigenvalue weighted by atomic mass is 10.1. The Hall–Kier alpha value is -1.59. The highest BCUT2D eigenvalue weighted by atomic mass is 32.1. The minimum Gasteiger partial charge on any atom is -0.496 e. The van der Waals surface area contributed by atoms with Gasteiger partial charge in [-0.2, -0.15) is 0 Å². The molecule has 1 aromatic carbocycles. The molecule has 3 rings (SSSR count). The predicted molar refractivity (Wildman–Crippen MR) is 86.4 cm³/mol. The van der Waals surface area contributed by atoms with Crippen molar-refractivity contribution in [1.82, 2.24) is 5.32 Å². The van der Waals surface area contributed by atoms with Gasteiger partial charge in [-0.15, -0.1) is 11.3 Å². The molecule has 1 fully saturated rings. The van der Waals surface area contributed by atoms with Crippen LogP contribution in [-0.2, 0) is 6.54 Å². The molecule has 2 aromatic rings. The molecule has 3 nitrogen and oxygen atoms in total. The van der Waals surface area contributed by atoms with Gasteiger partial charge < -0.3 is 14.8 Å². The van der Waals surface area contributed by atoms with Crippen molar-refractivity contribution in [2.24, 2.45) is 5.92 Å². The van der Waals surface area contributed by atoms with E-state index in [0.717, 1.165) is 35.9 Å². The van der Waals surface area contributed by atoms with E-state index in [9.17, 15) is 4.39 Å². The second-order valence-corrected chi connectivity index (χ2v) is 6.44. The van der Waals surface area contributed by atoms with Crippen LogP contribution in [0.4, 0.5) is 4.39 Å². The van der Waals surface area contributed by atoms with Crippen LogP contribution >= 0.6 is 11.3 Å². The second kappa shape index (κ2) is 6.67. The Labute approximate surface area is 134 Å². The first-order valence-electron chi connectivity index (χ1n) is 7.37. The summed E-state index contributed by atoms with van der Waals surface area (Å²) in [4.78, 5) is 0. The lowest BCUT2D eigenvalue weighted by Crippen LogP contribution is -2.16. The van der Waals surface area contributed by atoms with E-state index in [1.165, 1.54) is 11.6 Å². The van der Waals surface area contributed by atoms with Crippen LogP contribution in [0.2, 0.25) is 0 Å². The molecule has 1 heterocycles. The van der Waals surface area contributed by atoms with Gasteiger partial charge in [-0.1, -0.05) is 0 Å². The molecule has 1 saturated carbocycles. The third kappa shape index (κ3) is 3.25. The molecule has 5 heteroatoms. The van der Waals surface area contributed by atoms with Crippen molar-refractivity contribution in [3.63, 3.8) is 0 Å². The summed E-state index contributed by atoms with van der Waals surface area (Å²) in [5.74, 6) is 1.52. The summed E-state index contributed by atoms with van der Waals surface area (Å²) >= 11 is 1.61. The standard InChI is InChI=1S/C17H20FNO2S/c1-20-16-4-3-13(18)8-15(16)14-7-12(14)10-19-9-11-5-6-22-17(11)21-2/h3-6,8,12,14,19H,7,9-10H2,1-2H3. The molecule has 1 aliphatic rings. The third-order valence-electron chi connectivity index (χ3n) is 4.13. The fraction of sp³-hybridized carbons (Fsp3) is 0.412. The molecule has 2 unspecified atom stereocenters. The Balaban J connectivity index is 1.54. The van der Waals surface area contributed by atoms with Gasteiger partial charge in [0.25, 0.3) is 0 Å². The maximum Gasteiger partial charge on any atom is 0.177 e. The number of methoxy groups -OCH3 is 2. The molecule has 0 radical (unpaired) electrons. The Kier molecular flexibility index (Phi) is 4.64. The molecule has 0 saturated heterocycles. The molecule has 0 aliphatic heterocycles. The average molecular weight is 321 g/mol. The predicted octanol–water partition coefficient (Wildman–Crippen LogP) is 3.80. The lowest BCUT2D eigenvalue weighted by Gasteiger charge is -2.09. The first-order chi connectivity index (χ1) is 10.7. The minimum absolute atomic E-state index is 0.197. The van der Waals surface area contributed by atoms with Crippen LogP contribution in [0.15, 0.2) is 29.6 Å². The lowest BCUT2D eigenvalue weighted by molar-refractivity contribution is 0.407. The summed E-state index contributed by atoms with van der Waals surface area (Å²) in [6.07, 6.45) is 1.08. The van der Waals surface area contributed by atoms with Crippen LogP contribution in [0.1, 0.15) is 23.5 Å². The SMILES string of the molecule is COc1ccc(F)cc1C1CC1CNCc1ccsc1OC. The Morgan fingerprint density at radius 1 is 1.27 bits per heavy atom. The van der Waals surface area contributed by atoms with Gasteiger partial charge >= 0.3 is 0 Å². The highest BCUT2D eigenvalue weighted by molar-refractivity contribution is 7.12. The summed E-state index contributed by atoms with van der Waals surface area (Å²) in [5, 5.41) is 6.47. The van der Waals surface area contributed by atoms with Crippen molar-refractivity contribution in [3.05, 3.63) is 46.6 Å². The monoisotopic (exact) mass is 321 g/mol. The Morgan fingerprint density at radius 2 is 2.14 bits per heavy atom. The van der Waals surface area contributed by atoms with Crippen molar-refractivity contribution in [1.29, 1.82) is 0 Å². The fourth-order valence-electron chi connectivity index (χ4n) is 2.87. The number of benzene rings is 1. The second-order valence-electron chi connectivity index (χ2n) is 5.56. The van der Waals surface area contributed by atoms with E-state index >= 15 is 0 Å². The molecular formula is C17H20FNO2S. The van der Waals surface area contributed by atoms with Gasteiger partial charge in [-0.25, -0.2) is 4.39 Å². The zero-order valence-corrected chi connectivity index (χ0v) is 13.6. The van der Waals surface area contributed by atoms with Gasteiger partial charge in [0.1, 0.15) is 11.6 Å². The highest BCUT2D eigenvalue weighted by Gasteiger charge is 2.39. The molecular weight excluding hydrogens is 301 g/mol. The van der Waals surface area contributed by atoms with Crippen molar-refractivity contribution in [2.45, 2.75) is 18.9 Å². The van der Waals surface area contributed by atoms with E-state index in [-0.39, 0.29) is 5.82 Å². The number of hydrogen-bond acceptors (Lipinski definition) is 4. The van der Waals surface area contributed by atoms with Gasteiger partial charge in [0.2, 0.25) is 0 Å². The molecule has 1 aromatic heterocycles. The first-order valence-corrected chi connectivity index (χ1v) is 8.25. The number of nitrogens with one attached hydrogen (secondary N) is 1. The molecule has 22 heavy (non-hydrogen) atoms. The zero-order chi connectivity index (χ0) is 15.5. The Morgan fingerprint density at radius 3 is 2.91 bits per heavy atom. The molecule has 1 aliphatic carbocycles. The van der Waals surface area contributed by atoms with E-state index in [2.05, 4.69) is 11.4 Å². The largest absolute Gasteiger partial charge is 0.496 e. The van der Waals surface area contributed by atoms with E-state index in [4.69, 9.17) is 9.47 Å². The number of rotatable bonds is 7. The van der Waals surface area contributed by atoms with Crippen molar-refractivity contribution in [3.8, 4) is 10.8 Å². The molecule has 0 amide bonds. The zero-order valence-electron chi connectivity index (χ0n) is 12.8. The highest BCUT2D eigenvalue weighted by Crippen LogP contribution is 2.50.